The van der Waals surface area contributed by atoms with Gasteiger partial charge in [-0.1, -0.05) is 6.42 Å². The van der Waals surface area contributed by atoms with Gasteiger partial charge in [-0.15, -0.1) is 0 Å². The Kier molecular flexibility index (Phi) is 4.62. The monoisotopic (exact) mass is 400 g/mol. The fraction of sp³-hybridized carbons (Fsp3) is 0.391. The van der Waals surface area contributed by atoms with Gasteiger partial charge in [-0.3, -0.25) is 4.68 Å². The van der Waals surface area contributed by atoms with Crippen molar-refractivity contribution in [3.63, 3.8) is 0 Å². The van der Waals surface area contributed by atoms with Crippen LogP contribution in [0.15, 0.2) is 30.9 Å². The first-order chi connectivity index (χ1) is 14.6. The third kappa shape index (κ3) is 3.18. The molecule has 4 aromatic heterocycles. The molecule has 1 N–H and O–H groups in total. The Hall–Kier alpha value is -3.40. The van der Waals surface area contributed by atoms with E-state index in [0.29, 0.717) is 17.5 Å². The molecule has 0 radical (unpaired) electrons. The standard InChI is InChI=1S/C23H24N6O/c1-14(2)29-13-16(11-27-29)15-8-18-21-20(28-23(18)26-10-15)12-25-19(9-24)22(21)30-17-6-4-3-5-7-17/h8,10-14,17H,3-7H2,1-2H3,(H,26,28). The number of hydrogen-bond donors (Lipinski definition) is 1. The molecule has 1 aliphatic carbocycles. The zero-order valence-corrected chi connectivity index (χ0v) is 17.2. The number of nitrogens with zero attached hydrogens (tertiary/aromatic N) is 5. The number of hydrogen-bond acceptors (Lipinski definition) is 5. The average molecular weight is 400 g/mol. The van der Waals surface area contributed by atoms with Crippen LogP contribution in [0.1, 0.15) is 57.7 Å². The van der Waals surface area contributed by atoms with Crippen molar-refractivity contribution in [2.24, 2.45) is 0 Å². The second-order valence-corrected chi connectivity index (χ2v) is 8.26. The summed E-state index contributed by atoms with van der Waals surface area (Å²) in [7, 11) is 0. The number of fused-ring (bicyclic) bond motifs is 3. The van der Waals surface area contributed by atoms with Crippen LogP contribution in [-0.4, -0.2) is 30.8 Å². The highest BCUT2D eigenvalue weighted by atomic mass is 16.5. The highest BCUT2D eigenvalue weighted by Gasteiger charge is 2.22. The van der Waals surface area contributed by atoms with Gasteiger partial charge in [0.2, 0.25) is 0 Å². The van der Waals surface area contributed by atoms with E-state index in [2.05, 4.69) is 46.0 Å². The van der Waals surface area contributed by atoms with Gasteiger partial charge in [-0.25, -0.2) is 9.97 Å². The van der Waals surface area contributed by atoms with Crippen molar-refractivity contribution in [2.45, 2.75) is 58.1 Å². The first-order valence-electron chi connectivity index (χ1n) is 10.6. The predicted octanol–water partition coefficient (Wildman–Crippen LogP) is 5.14. The Morgan fingerprint density at radius 2 is 1.97 bits per heavy atom. The maximum absolute atomic E-state index is 9.67. The van der Waals surface area contributed by atoms with Gasteiger partial charge >= 0.3 is 0 Å². The molecule has 1 saturated carbocycles. The number of nitriles is 1. The van der Waals surface area contributed by atoms with Crippen LogP contribution < -0.4 is 4.74 Å². The lowest BCUT2D eigenvalue weighted by atomic mass is 9.97. The van der Waals surface area contributed by atoms with Crippen molar-refractivity contribution in [1.82, 2.24) is 24.7 Å². The second-order valence-electron chi connectivity index (χ2n) is 8.26. The smallest absolute Gasteiger partial charge is 0.183 e. The van der Waals surface area contributed by atoms with Crippen molar-refractivity contribution < 1.29 is 4.74 Å². The summed E-state index contributed by atoms with van der Waals surface area (Å²) in [5.41, 5.74) is 3.91. The van der Waals surface area contributed by atoms with Crippen LogP contribution in [0.2, 0.25) is 0 Å². The topological polar surface area (TPSA) is 92.4 Å². The number of rotatable bonds is 4. The molecule has 0 saturated heterocycles. The lowest BCUT2D eigenvalue weighted by molar-refractivity contribution is 0.156. The normalized spacial score (nSPS) is 15.1. The van der Waals surface area contributed by atoms with Crippen molar-refractivity contribution in [1.29, 1.82) is 5.26 Å². The Bertz CT molecular complexity index is 1260. The van der Waals surface area contributed by atoms with Crippen molar-refractivity contribution in [3.8, 4) is 22.9 Å². The number of ether oxygens (including phenoxy) is 1. The number of pyridine rings is 2. The molecular weight excluding hydrogens is 376 g/mol. The van der Waals surface area contributed by atoms with Gasteiger partial charge in [0, 0.05) is 34.9 Å². The molecule has 0 unspecified atom stereocenters. The summed E-state index contributed by atoms with van der Waals surface area (Å²) >= 11 is 0. The van der Waals surface area contributed by atoms with Crippen LogP contribution in [0.3, 0.4) is 0 Å². The molecule has 0 aliphatic heterocycles. The molecule has 30 heavy (non-hydrogen) atoms. The molecule has 0 atom stereocenters. The van der Waals surface area contributed by atoms with E-state index < -0.39 is 0 Å². The van der Waals surface area contributed by atoms with Gasteiger partial charge in [0.1, 0.15) is 11.7 Å². The quantitative estimate of drug-likeness (QED) is 0.512. The lowest BCUT2D eigenvalue weighted by Gasteiger charge is -2.23. The molecule has 0 bridgehead atoms. The van der Waals surface area contributed by atoms with E-state index in [0.717, 1.165) is 58.7 Å². The number of aromatic nitrogens is 5. The first-order valence-corrected chi connectivity index (χ1v) is 10.6. The van der Waals surface area contributed by atoms with Crippen molar-refractivity contribution in [2.75, 3.05) is 0 Å². The van der Waals surface area contributed by atoms with Gasteiger partial charge in [-0.2, -0.15) is 10.4 Å². The Labute approximate surface area is 174 Å². The number of aromatic amines is 1. The van der Waals surface area contributed by atoms with E-state index in [1.54, 1.807) is 6.20 Å². The SMILES string of the molecule is CC(C)n1cc(-c2cnc3[nH]c4cnc(C#N)c(OC5CCCCC5)c4c3c2)cn1. The average Bonchev–Trinajstić information content (AvgIpc) is 3.39. The molecule has 0 aromatic carbocycles. The summed E-state index contributed by atoms with van der Waals surface area (Å²) in [5, 5.41) is 15.9. The van der Waals surface area contributed by atoms with Gasteiger partial charge in [0.25, 0.3) is 0 Å². The lowest BCUT2D eigenvalue weighted by Crippen LogP contribution is -2.20. The highest BCUT2D eigenvalue weighted by molar-refractivity contribution is 6.10. The maximum atomic E-state index is 9.67. The number of nitrogens with one attached hydrogen (secondary N) is 1. The highest BCUT2D eigenvalue weighted by Crippen LogP contribution is 2.37. The Balaban J connectivity index is 1.66. The summed E-state index contributed by atoms with van der Waals surface area (Å²) in [4.78, 5) is 12.3. The summed E-state index contributed by atoms with van der Waals surface area (Å²) in [6.45, 7) is 4.20. The van der Waals surface area contributed by atoms with Gasteiger partial charge in [0.05, 0.1) is 29.4 Å². The fourth-order valence-corrected chi connectivity index (χ4v) is 4.21. The van der Waals surface area contributed by atoms with Crippen LogP contribution in [-0.2, 0) is 0 Å². The molecule has 0 amide bonds. The minimum Gasteiger partial charge on any atom is -0.487 e. The van der Waals surface area contributed by atoms with Crippen LogP contribution in [0, 0.1) is 11.3 Å². The summed E-state index contributed by atoms with van der Waals surface area (Å²) in [6.07, 6.45) is 13.2. The van der Waals surface area contributed by atoms with Crippen molar-refractivity contribution in [3.05, 3.63) is 36.5 Å². The molecule has 4 aromatic rings. The molecular formula is C23H24N6O. The minimum atomic E-state index is 0.128. The number of H-pyrrole nitrogens is 1. The van der Waals surface area contributed by atoms with Crippen LogP contribution in [0.25, 0.3) is 33.1 Å². The Morgan fingerprint density at radius 3 is 2.70 bits per heavy atom. The van der Waals surface area contributed by atoms with Gasteiger partial charge in [-0.05, 0) is 45.6 Å². The van der Waals surface area contributed by atoms with Crippen LogP contribution >= 0.6 is 0 Å². The first kappa shape index (κ1) is 18.6. The Morgan fingerprint density at radius 1 is 1.13 bits per heavy atom. The third-order valence-electron chi connectivity index (χ3n) is 5.85. The summed E-state index contributed by atoms with van der Waals surface area (Å²) < 4.78 is 8.32. The van der Waals surface area contributed by atoms with Gasteiger partial charge in [0.15, 0.2) is 11.4 Å². The third-order valence-corrected chi connectivity index (χ3v) is 5.85. The van der Waals surface area contributed by atoms with E-state index in [1.165, 1.54) is 6.42 Å². The molecule has 152 valence electrons. The van der Waals surface area contributed by atoms with E-state index in [9.17, 15) is 5.26 Å². The van der Waals surface area contributed by atoms with Gasteiger partial charge < -0.3 is 9.72 Å². The van der Waals surface area contributed by atoms with E-state index >= 15 is 0 Å². The summed E-state index contributed by atoms with van der Waals surface area (Å²) in [5.74, 6) is 0.574. The predicted molar refractivity (Wildman–Crippen MR) is 115 cm³/mol. The zero-order chi connectivity index (χ0) is 20.7. The molecule has 1 aliphatic rings. The summed E-state index contributed by atoms with van der Waals surface area (Å²) in [6, 6.07) is 4.60. The largest absolute Gasteiger partial charge is 0.487 e. The van der Waals surface area contributed by atoms with E-state index in [-0.39, 0.29) is 6.10 Å². The minimum absolute atomic E-state index is 0.128. The molecule has 4 heterocycles. The zero-order valence-electron chi connectivity index (χ0n) is 17.2. The molecule has 7 heteroatoms. The molecule has 0 spiro atoms. The van der Waals surface area contributed by atoms with Crippen molar-refractivity contribution >= 4 is 21.9 Å². The van der Waals surface area contributed by atoms with Crippen LogP contribution in [0.5, 0.6) is 5.75 Å². The molecule has 5 rings (SSSR count). The van der Waals surface area contributed by atoms with E-state index in [1.807, 2.05) is 23.3 Å². The van der Waals surface area contributed by atoms with E-state index in [4.69, 9.17) is 4.74 Å². The van der Waals surface area contributed by atoms with Crippen LogP contribution in [0.4, 0.5) is 0 Å². The fourth-order valence-electron chi connectivity index (χ4n) is 4.21. The second kappa shape index (κ2) is 7.45. The maximum Gasteiger partial charge on any atom is 0.183 e. The molecule has 7 nitrogen and oxygen atoms in total. The molecule has 1 fully saturated rings.